The van der Waals surface area contributed by atoms with Crippen LogP contribution in [0.25, 0.3) is 11.0 Å². The predicted octanol–water partition coefficient (Wildman–Crippen LogP) is 3.05. The lowest BCUT2D eigenvalue weighted by Crippen LogP contribution is -2.38. The summed E-state index contributed by atoms with van der Waals surface area (Å²) in [5.41, 5.74) is 1.44. The molecular formula is C21H23F2N7O3. The molecule has 3 atom stereocenters. The number of rotatable bonds is 7. The van der Waals surface area contributed by atoms with Crippen LogP contribution in [0.15, 0.2) is 18.5 Å². The Kier molecular flexibility index (Phi) is 5.59. The number of nitrogens with zero attached hydrogens (tertiary/aromatic N) is 6. The van der Waals surface area contributed by atoms with Crippen LogP contribution in [0.2, 0.25) is 0 Å². The molecule has 2 aliphatic rings. The largest absolute Gasteiger partial charge is 0.467 e. The SMILES string of the molecule is C[C@H]1COC[C@@H]1n1c(C#N)cc2cnc(Nc3cn([C@@H](C)C(F)F)nc3OC3COC3)nc21. The molecule has 0 spiro atoms. The number of fused-ring (bicyclic) bond motifs is 1. The van der Waals surface area contributed by atoms with E-state index in [0.717, 1.165) is 10.1 Å². The van der Waals surface area contributed by atoms with Gasteiger partial charge in [-0.1, -0.05) is 6.92 Å². The smallest absolute Gasteiger partial charge is 0.260 e. The van der Waals surface area contributed by atoms with Crippen molar-refractivity contribution < 1.29 is 23.0 Å². The molecule has 2 saturated heterocycles. The second-order valence-electron chi connectivity index (χ2n) is 8.37. The number of anilines is 2. The topological polar surface area (TPSA) is 112 Å². The minimum Gasteiger partial charge on any atom is -0.467 e. The van der Waals surface area contributed by atoms with E-state index in [9.17, 15) is 14.0 Å². The van der Waals surface area contributed by atoms with E-state index in [2.05, 4.69) is 33.4 Å². The Balaban J connectivity index is 1.50. The van der Waals surface area contributed by atoms with Gasteiger partial charge >= 0.3 is 0 Å². The van der Waals surface area contributed by atoms with Gasteiger partial charge in [0.1, 0.15) is 35.2 Å². The normalized spacial score (nSPS) is 21.8. The van der Waals surface area contributed by atoms with Crippen LogP contribution < -0.4 is 10.1 Å². The van der Waals surface area contributed by atoms with Crippen LogP contribution in [0.5, 0.6) is 5.88 Å². The van der Waals surface area contributed by atoms with Crippen molar-refractivity contribution in [2.24, 2.45) is 5.92 Å². The van der Waals surface area contributed by atoms with Gasteiger partial charge in [-0.3, -0.25) is 4.68 Å². The minimum absolute atomic E-state index is 0.0212. The highest BCUT2D eigenvalue weighted by atomic mass is 19.3. The van der Waals surface area contributed by atoms with Gasteiger partial charge in [0, 0.05) is 17.5 Å². The number of hydrogen-bond donors (Lipinski definition) is 1. The maximum absolute atomic E-state index is 13.3. The number of hydrogen-bond acceptors (Lipinski definition) is 8. The van der Waals surface area contributed by atoms with E-state index in [1.807, 2.05) is 4.57 Å². The van der Waals surface area contributed by atoms with Gasteiger partial charge in [0.25, 0.3) is 12.3 Å². The van der Waals surface area contributed by atoms with Crippen molar-refractivity contribution in [1.29, 1.82) is 5.26 Å². The van der Waals surface area contributed by atoms with Crippen LogP contribution in [-0.4, -0.2) is 63.3 Å². The fourth-order valence-electron chi connectivity index (χ4n) is 3.90. The van der Waals surface area contributed by atoms with Crippen molar-refractivity contribution in [3.63, 3.8) is 0 Å². The van der Waals surface area contributed by atoms with Crippen molar-refractivity contribution in [2.45, 2.75) is 38.5 Å². The van der Waals surface area contributed by atoms with E-state index >= 15 is 0 Å². The number of nitrogens with one attached hydrogen (secondary N) is 1. The molecule has 33 heavy (non-hydrogen) atoms. The van der Waals surface area contributed by atoms with Gasteiger partial charge in [-0.05, 0) is 13.0 Å². The Morgan fingerprint density at radius 2 is 2.06 bits per heavy atom. The minimum atomic E-state index is -2.59. The van der Waals surface area contributed by atoms with Crippen LogP contribution in [0, 0.1) is 17.2 Å². The fraction of sp³-hybridized carbons (Fsp3) is 0.524. The summed E-state index contributed by atoms with van der Waals surface area (Å²) >= 11 is 0. The highest BCUT2D eigenvalue weighted by molar-refractivity contribution is 5.79. The first-order valence-electron chi connectivity index (χ1n) is 10.7. The molecule has 5 rings (SSSR count). The average Bonchev–Trinajstić information content (AvgIpc) is 3.46. The molecule has 0 bridgehead atoms. The lowest BCUT2D eigenvalue weighted by molar-refractivity contribution is -0.0814. The summed E-state index contributed by atoms with van der Waals surface area (Å²) < 4.78 is 46.1. The molecule has 2 fully saturated rings. The first-order chi connectivity index (χ1) is 15.9. The molecule has 12 heteroatoms. The quantitative estimate of drug-likeness (QED) is 0.574. The third-order valence-corrected chi connectivity index (χ3v) is 5.96. The van der Waals surface area contributed by atoms with E-state index in [-0.39, 0.29) is 29.9 Å². The lowest BCUT2D eigenvalue weighted by atomic mass is 10.1. The molecule has 0 radical (unpaired) electrons. The number of ether oxygens (including phenoxy) is 3. The highest BCUT2D eigenvalue weighted by Gasteiger charge is 2.30. The van der Waals surface area contributed by atoms with Crippen molar-refractivity contribution in [3.05, 3.63) is 24.2 Å². The van der Waals surface area contributed by atoms with E-state index in [0.29, 0.717) is 43.5 Å². The van der Waals surface area contributed by atoms with Crippen molar-refractivity contribution in [3.8, 4) is 11.9 Å². The lowest BCUT2D eigenvalue weighted by Gasteiger charge is -2.26. The van der Waals surface area contributed by atoms with E-state index in [4.69, 9.17) is 14.2 Å². The molecule has 2 aliphatic heterocycles. The Bertz CT molecular complexity index is 1200. The third kappa shape index (κ3) is 3.98. The molecule has 3 aromatic rings. The zero-order chi connectivity index (χ0) is 23.1. The van der Waals surface area contributed by atoms with Gasteiger partial charge in [-0.25, -0.2) is 13.8 Å². The Morgan fingerprint density at radius 3 is 2.70 bits per heavy atom. The van der Waals surface area contributed by atoms with Crippen LogP contribution in [0.1, 0.15) is 31.6 Å². The van der Waals surface area contributed by atoms with Crippen LogP contribution in [0.3, 0.4) is 0 Å². The Hall–Kier alpha value is -3.30. The van der Waals surface area contributed by atoms with Crippen molar-refractivity contribution in [1.82, 2.24) is 24.3 Å². The molecular weight excluding hydrogens is 436 g/mol. The van der Waals surface area contributed by atoms with Crippen molar-refractivity contribution >= 4 is 22.7 Å². The molecule has 0 amide bonds. The molecule has 3 aromatic heterocycles. The molecule has 1 N–H and O–H groups in total. The Labute approximate surface area is 188 Å². The van der Waals surface area contributed by atoms with Crippen LogP contribution in [0.4, 0.5) is 20.4 Å². The number of alkyl halides is 2. The number of halogens is 2. The first kappa shape index (κ1) is 21.5. The highest BCUT2D eigenvalue weighted by Crippen LogP contribution is 2.33. The molecule has 0 unspecified atom stereocenters. The summed E-state index contributed by atoms with van der Waals surface area (Å²) in [6, 6.07) is 2.82. The second kappa shape index (κ2) is 8.57. The van der Waals surface area contributed by atoms with Crippen LogP contribution in [-0.2, 0) is 9.47 Å². The van der Waals surface area contributed by atoms with E-state index < -0.39 is 12.5 Å². The molecule has 0 saturated carbocycles. The summed E-state index contributed by atoms with van der Waals surface area (Å²) in [5.74, 6) is 0.625. The molecule has 5 heterocycles. The average molecular weight is 459 g/mol. The first-order valence-corrected chi connectivity index (χ1v) is 10.7. The zero-order valence-electron chi connectivity index (χ0n) is 18.1. The maximum Gasteiger partial charge on any atom is 0.260 e. The van der Waals surface area contributed by atoms with Gasteiger partial charge in [0.15, 0.2) is 0 Å². The monoisotopic (exact) mass is 459 g/mol. The Morgan fingerprint density at radius 1 is 1.27 bits per heavy atom. The zero-order valence-corrected chi connectivity index (χ0v) is 18.1. The maximum atomic E-state index is 13.3. The molecule has 0 aliphatic carbocycles. The summed E-state index contributed by atoms with van der Waals surface area (Å²) in [4.78, 5) is 8.97. The van der Waals surface area contributed by atoms with E-state index in [1.165, 1.54) is 13.1 Å². The van der Waals surface area contributed by atoms with Gasteiger partial charge in [-0.2, -0.15) is 10.2 Å². The number of aromatic nitrogens is 5. The summed E-state index contributed by atoms with van der Waals surface area (Å²) in [7, 11) is 0. The van der Waals surface area contributed by atoms with Crippen molar-refractivity contribution in [2.75, 3.05) is 31.7 Å². The van der Waals surface area contributed by atoms with Gasteiger partial charge in [-0.15, -0.1) is 5.10 Å². The van der Waals surface area contributed by atoms with Crippen LogP contribution >= 0.6 is 0 Å². The third-order valence-electron chi connectivity index (χ3n) is 5.96. The second-order valence-corrected chi connectivity index (χ2v) is 8.37. The fourth-order valence-corrected chi connectivity index (χ4v) is 3.90. The summed E-state index contributed by atoms with van der Waals surface area (Å²) in [6.07, 6.45) is 0.285. The standard InChI is InChI=1S/C21H23F2N7O3/c1-11-7-31-10-17(11)30-14(4-24)3-13-5-25-21(27-19(13)30)26-16-6-29(12(2)18(22)23)28-20(16)33-15-8-32-9-15/h3,5-6,11-12,15,17-18H,7-10H2,1-2H3,(H,25,26,27)/t11-,12-,17-/m0/s1. The van der Waals surface area contributed by atoms with Gasteiger partial charge < -0.3 is 24.1 Å². The molecule has 10 nitrogen and oxygen atoms in total. The summed E-state index contributed by atoms with van der Waals surface area (Å²) in [5, 5.41) is 17.6. The number of nitriles is 1. The predicted molar refractivity (Wildman–Crippen MR) is 113 cm³/mol. The van der Waals surface area contributed by atoms with E-state index in [1.54, 1.807) is 12.3 Å². The summed E-state index contributed by atoms with van der Waals surface area (Å²) in [6.45, 7) is 5.36. The van der Waals surface area contributed by atoms with Gasteiger partial charge in [0.05, 0.1) is 38.7 Å². The molecule has 174 valence electrons. The van der Waals surface area contributed by atoms with Gasteiger partial charge in [0.2, 0.25) is 5.95 Å². The molecule has 0 aromatic carbocycles.